The molecule has 138 valence electrons. The molecule has 1 unspecified atom stereocenters. The quantitative estimate of drug-likeness (QED) is 0.881. The summed E-state index contributed by atoms with van der Waals surface area (Å²) in [7, 11) is 0. The molecule has 0 aliphatic carbocycles. The van der Waals surface area contributed by atoms with Gasteiger partial charge in [-0.05, 0) is 24.5 Å². The number of benzene rings is 1. The van der Waals surface area contributed by atoms with Crippen LogP contribution in [0.1, 0.15) is 24.0 Å². The predicted octanol–water partition coefficient (Wildman–Crippen LogP) is 3.33. The number of likely N-dealkylation sites (tertiary alicyclic amines) is 1. The minimum absolute atomic E-state index is 0.176. The van der Waals surface area contributed by atoms with Crippen molar-refractivity contribution < 1.29 is 22.8 Å². The van der Waals surface area contributed by atoms with E-state index in [-0.39, 0.29) is 23.8 Å². The zero-order valence-corrected chi connectivity index (χ0v) is 14.4. The molecule has 0 radical (unpaired) electrons. The molecule has 0 spiro atoms. The Morgan fingerprint density at radius 3 is 2.85 bits per heavy atom. The van der Waals surface area contributed by atoms with Crippen LogP contribution in [0.25, 0.3) is 0 Å². The van der Waals surface area contributed by atoms with Crippen molar-refractivity contribution in [2.45, 2.75) is 31.5 Å². The first kappa shape index (κ1) is 18.4. The fourth-order valence-corrected chi connectivity index (χ4v) is 3.48. The van der Waals surface area contributed by atoms with Gasteiger partial charge in [0.1, 0.15) is 6.04 Å². The summed E-state index contributed by atoms with van der Waals surface area (Å²) in [6.07, 6.45) is -1.88. The van der Waals surface area contributed by atoms with E-state index < -0.39 is 17.8 Å². The van der Waals surface area contributed by atoms with Gasteiger partial charge >= 0.3 is 6.18 Å². The number of nitrogens with one attached hydrogen (secondary N) is 1. The smallest absolute Gasteiger partial charge is 0.330 e. The zero-order valence-electron chi connectivity index (χ0n) is 13.6. The zero-order chi connectivity index (χ0) is 18.7. The SMILES string of the molecule is O=C(Nc1nccs1)C1CCCN1C(=O)Cc1cccc(C(F)(F)F)c1. The molecule has 1 aromatic heterocycles. The van der Waals surface area contributed by atoms with Gasteiger partial charge in [-0.25, -0.2) is 4.98 Å². The second-order valence-corrected chi connectivity index (χ2v) is 6.84. The summed E-state index contributed by atoms with van der Waals surface area (Å²) in [4.78, 5) is 30.3. The lowest BCUT2D eigenvalue weighted by Gasteiger charge is -2.23. The molecular formula is C17H16F3N3O2S. The Balaban J connectivity index is 1.68. The molecule has 1 fully saturated rings. The summed E-state index contributed by atoms with van der Waals surface area (Å²) in [5, 5.41) is 4.84. The number of thiazole rings is 1. The Morgan fingerprint density at radius 1 is 1.35 bits per heavy atom. The summed E-state index contributed by atoms with van der Waals surface area (Å²) in [6.45, 7) is 0.410. The van der Waals surface area contributed by atoms with Gasteiger partial charge in [-0.2, -0.15) is 13.2 Å². The first-order valence-corrected chi connectivity index (χ1v) is 8.88. The summed E-state index contributed by atoms with van der Waals surface area (Å²) in [5.41, 5.74) is -0.516. The van der Waals surface area contributed by atoms with E-state index in [1.54, 1.807) is 11.6 Å². The molecule has 1 saturated heterocycles. The number of anilines is 1. The van der Waals surface area contributed by atoms with E-state index in [9.17, 15) is 22.8 Å². The highest BCUT2D eigenvalue weighted by Crippen LogP contribution is 2.30. The average molecular weight is 383 g/mol. The Bertz CT molecular complexity index is 793. The molecule has 1 N–H and O–H groups in total. The van der Waals surface area contributed by atoms with Gasteiger partial charge in [-0.15, -0.1) is 11.3 Å². The van der Waals surface area contributed by atoms with Gasteiger partial charge in [0, 0.05) is 18.1 Å². The van der Waals surface area contributed by atoms with Gasteiger partial charge in [0.2, 0.25) is 11.8 Å². The van der Waals surface area contributed by atoms with Crippen LogP contribution in [0.2, 0.25) is 0 Å². The molecule has 2 aromatic rings. The maximum Gasteiger partial charge on any atom is 0.416 e. The Labute approximate surface area is 151 Å². The molecule has 1 aliphatic heterocycles. The maximum absolute atomic E-state index is 12.8. The third-order valence-corrected chi connectivity index (χ3v) is 4.84. The van der Waals surface area contributed by atoms with Gasteiger partial charge < -0.3 is 10.2 Å². The fourth-order valence-electron chi connectivity index (χ4n) is 2.95. The minimum Gasteiger partial charge on any atom is -0.330 e. The molecular weight excluding hydrogens is 367 g/mol. The van der Waals surface area contributed by atoms with Crippen molar-refractivity contribution in [1.29, 1.82) is 0 Å². The van der Waals surface area contributed by atoms with Crippen LogP contribution in [0.4, 0.5) is 18.3 Å². The van der Waals surface area contributed by atoms with Crippen LogP contribution < -0.4 is 5.32 Å². The number of alkyl halides is 3. The van der Waals surface area contributed by atoms with Crippen molar-refractivity contribution in [2.24, 2.45) is 0 Å². The van der Waals surface area contributed by atoms with Gasteiger partial charge in [-0.3, -0.25) is 9.59 Å². The van der Waals surface area contributed by atoms with Gasteiger partial charge in [0.05, 0.1) is 12.0 Å². The summed E-state index contributed by atoms with van der Waals surface area (Å²) in [6, 6.07) is 4.07. The molecule has 1 aromatic carbocycles. The largest absolute Gasteiger partial charge is 0.416 e. The monoisotopic (exact) mass is 383 g/mol. The Morgan fingerprint density at radius 2 is 2.15 bits per heavy atom. The van der Waals surface area contributed by atoms with Crippen LogP contribution in [0.3, 0.4) is 0 Å². The van der Waals surface area contributed by atoms with Crippen LogP contribution in [0, 0.1) is 0 Å². The fraction of sp³-hybridized carbons (Fsp3) is 0.353. The van der Waals surface area contributed by atoms with Crippen LogP contribution in [0.5, 0.6) is 0 Å². The topological polar surface area (TPSA) is 62.3 Å². The van der Waals surface area contributed by atoms with Crippen molar-refractivity contribution in [3.63, 3.8) is 0 Å². The standard InChI is InChI=1S/C17H16F3N3O2S/c18-17(19,20)12-4-1-3-11(9-12)10-14(24)23-7-2-5-13(23)15(25)22-16-21-6-8-26-16/h1,3-4,6,8-9,13H,2,5,7,10H2,(H,21,22,25). The summed E-state index contributed by atoms with van der Waals surface area (Å²) < 4.78 is 38.4. The molecule has 5 nitrogen and oxygen atoms in total. The summed E-state index contributed by atoms with van der Waals surface area (Å²) >= 11 is 1.27. The van der Waals surface area contributed by atoms with Crippen LogP contribution in [-0.2, 0) is 22.2 Å². The Hall–Kier alpha value is -2.42. The number of amides is 2. The molecule has 2 amide bonds. The molecule has 9 heteroatoms. The summed E-state index contributed by atoms with van der Waals surface area (Å²) in [5.74, 6) is -0.684. The Kier molecular flexibility index (Phi) is 5.26. The minimum atomic E-state index is -4.46. The highest BCUT2D eigenvalue weighted by molar-refractivity contribution is 7.13. The van der Waals surface area contributed by atoms with E-state index in [0.29, 0.717) is 24.5 Å². The molecule has 1 atom stereocenters. The second-order valence-electron chi connectivity index (χ2n) is 5.95. The molecule has 26 heavy (non-hydrogen) atoms. The maximum atomic E-state index is 12.8. The number of carbonyl (C=O) groups excluding carboxylic acids is 2. The highest BCUT2D eigenvalue weighted by Gasteiger charge is 2.35. The lowest BCUT2D eigenvalue weighted by molar-refractivity contribution is -0.138. The second kappa shape index (κ2) is 7.45. The van der Waals surface area contributed by atoms with E-state index >= 15 is 0 Å². The van der Waals surface area contributed by atoms with Gasteiger partial charge in [0.25, 0.3) is 0 Å². The number of halogens is 3. The third kappa shape index (κ3) is 4.21. The molecule has 3 rings (SSSR count). The third-order valence-electron chi connectivity index (χ3n) is 4.15. The average Bonchev–Trinajstić information content (AvgIpc) is 3.25. The first-order valence-electron chi connectivity index (χ1n) is 8.00. The van der Waals surface area contributed by atoms with E-state index in [4.69, 9.17) is 0 Å². The molecule has 2 heterocycles. The van der Waals surface area contributed by atoms with Gasteiger partial charge in [0.15, 0.2) is 5.13 Å². The van der Waals surface area contributed by atoms with Crippen LogP contribution >= 0.6 is 11.3 Å². The number of rotatable bonds is 4. The predicted molar refractivity (Wildman–Crippen MR) is 90.6 cm³/mol. The number of aromatic nitrogens is 1. The van der Waals surface area contributed by atoms with Crippen LogP contribution in [0.15, 0.2) is 35.8 Å². The van der Waals surface area contributed by atoms with Crippen molar-refractivity contribution in [1.82, 2.24) is 9.88 Å². The molecule has 0 saturated carbocycles. The molecule has 0 bridgehead atoms. The van der Waals surface area contributed by atoms with Crippen LogP contribution in [-0.4, -0.2) is 34.3 Å². The van der Waals surface area contributed by atoms with E-state index in [0.717, 1.165) is 12.1 Å². The van der Waals surface area contributed by atoms with Crippen molar-refractivity contribution in [2.75, 3.05) is 11.9 Å². The van der Waals surface area contributed by atoms with E-state index in [2.05, 4.69) is 10.3 Å². The van der Waals surface area contributed by atoms with E-state index in [1.165, 1.54) is 28.4 Å². The number of hydrogen-bond donors (Lipinski definition) is 1. The van der Waals surface area contributed by atoms with Gasteiger partial charge in [-0.1, -0.05) is 18.2 Å². The lowest BCUT2D eigenvalue weighted by atomic mass is 10.1. The number of hydrogen-bond acceptors (Lipinski definition) is 4. The first-order chi connectivity index (χ1) is 12.3. The normalized spacial score (nSPS) is 17.3. The van der Waals surface area contributed by atoms with Crippen molar-refractivity contribution >= 4 is 28.3 Å². The van der Waals surface area contributed by atoms with Crippen molar-refractivity contribution in [3.05, 3.63) is 47.0 Å². The molecule has 1 aliphatic rings. The van der Waals surface area contributed by atoms with E-state index in [1.807, 2.05) is 0 Å². The number of nitrogens with zero attached hydrogens (tertiary/aromatic N) is 2. The highest BCUT2D eigenvalue weighted by atomic mass is 32.1. The van der Waals surface area contributed by atoms with Crippen molar-refractivity contribution in [3.8, 4) is 0 Å². The lowest BCUT2D eigenvalue weighted by Crippen LogP contribution is -2.43. The number of carbonyl (C=O) groups is 2.